The molecule has 0 amide bonds. The van der Waals surface area contributed by atoms with Crippen LogP contribution in [0, 0.1) is 0 Å². The minimum absolute atomic E-state index is 0. The molecule has 0 aromatic heterocycles. The molecule has 0 aliphatic heterocycles. The first kappa shape index (κ1) is 15.7. The van der Waals surface area contributed by atoms with Crippen molar-refractivity contribution in [3.05, 3.63) is 119 Å². The molecular formula is C25H16Li. The third-order valence-electron chi connectivity index (χ3n) is 5.90. The summed E-state index contributed by atoms with van der Waals surface area (Å²) in [4.78, 5) is 0. The number of benzene rings is 4. The summed E-state index contributed by atoms with van der Waals surface area (Å²) >= 11 is 0. The van der Waals surface area contributed by atoms with E-state index < -0.39 is 0 Å². The standard InChI is InChI=1S/C25H16.Li/c1-5-13-21-17(9-1)18-10-2-6-14-22(18)25(21)23-15-7-3-11-19(23)20-12-4-8-16-24(20)25;/h1-16H;. The Balaban J connectivity index is 0.00000150. The van der Waals surface area contributed by atoms with Crippen LogP contribution < -0.4 is 0 Å². The van der Waals surface area contributed by atoms with Crippen molar-refractivity contribution in [3.63, 3.8) is 0 Å². The first-order chi connectivity index (χ1) is 12.4. The van der Waals surface area contributed by atoms with Gasteiger partial charge in [-0.1, -0.05) is 97.1 Å². The van der Waals surface area contributed by atoms with Gasteiger partial charge in [-0.15, -0.1) is 0 Å². The molecule has 0 unspecified atom stereocenters. The fraction of sp³-hybridized carbons (Fsp3) is 0.0400. The van der Waals surface area contributed by atoms with Crippen molar-refractivity contribution in [2.24, 2.45) is 0 Å². The average Bonchev–Trinajstić information content (AvgIpc) is 3.16. The van der Waals surface area contributed by atoms with Crippen molar-refractivity contribution in [1.29, 1.82) is 0 Å². The van der Waals surface area contributed by atoms with Gasteiger partial charge in [-0.3, -0.25) is 0 Å². The van der Waals surface area contributed by atoms with Crippen LogP contribution in [-0.4, -0.2) is 18.9 Å². The van der Waals surface area contributed by atoms with E-state index in [2.05, 4.69) is 97.1 Å². The van der Waals surface area contributed by atoms with E-state index in [1.165, 1.54) is 44.5 Å². The maximum absolute atomic E-state index is 2.31. The third-order valence-corrected chi connectivity index (χ3v) is 5.90. The van der Waals surface area contributed by atoms with E-state index in [0.29, 0.717) is 0 Å². The van der Waals surface area contributed by atoms with Crippen molar-refractivity contribution in [2.75, 3.05) is 0 Å². The van der Waals surface area contributed by atoms with Gasteiger partial charge in [0.05, 0.1) is 5.41 Å². The molecule has 117 valence electrons. The predicted octanol–water partition coefficient (Wildman–Crippen LogP) is 5.65. The van der Waals surface area contributed by atoms with Gasteiger partial charge in [0.1, 0.15) is 0 Å². The average molecular weight is 323 g/mol. The van der Waals surface area contributed by atoms with Gasteiger partial charge in [-0.05, 0) is 44.5 Å². The predicted molar refractivity (Wildman–Crippen MR) is 108 cm³/mol. The van der Waals surface area contributed by atoms with E-state index in [-0.39, 0.29) is 24.3 Å². The van der Waals surface area contributed by atoms with Crippen LogP contribution in [0.25, 0.3) is 22.3 Å². The number of hydrogen-bond donors (Lipinski definition) is 0. The summed E-state index contributed by atoms with van der Waals surface area (Å²) in [6.45, 7) is 0. The van der Waals surface area contributed by atoms with Gasteiger partial charge in [-0.2, -0.15) is 0 Å². The van der Waals surface area contributed by atoms with Crippen molar-refractivity contribution in [2.45, 2.75) is 5.41 Å². The smallest absolute Gasteiger partial charge is 0.0619 e. The molecule has 0 N–H and O–H groups in total. The maximum atomic E-state index is 2.31. The molecule has 1 heteroatoms. The van der Waals surface area contributed by atoms with E-state index in [1.54, 1.807) is 0 Å². The van der Waals surface area contributed by atoms with Crippen LogP contribution in [0.4, 0.5) is 0 Å². The van der Waals surface area contributed by atoms with E-state index in [9.17, 15) is 0 Å². The summed E-state index contributed by atoms with van der Waals surface area (Å²) in [5, 5.41) is 0. The van der Waals surface area contributed by atoms with Gasteiger partial charge in [0.2, 0.25) is 0 Å². The Morgan fingerprint density at radius 1 is 0.346 bits per heavy atom. The van der Waals surface area contributed by atoms with Gasteiger partial charge in [0, 0.05) is 18.9 Å². The summed E-state index contributed by atoms with van der Waals surface area (Å²) in [6, 6.07) is 35.7. The molecule has 4 aromatic rings. The van der Waals surface area contributed by atoms with Crippen LogP contribution in [0.3, 0.4) is 0 Å². The zero-order valence-corrected chi connectivity index (χ0v) is 14.7. The van der Waals surface area contributed by atoms with E-state index in [4.69, 9.17) is 0 Å². The zero-order chi connectivity index (χ0) is 16.4. The van der Waals surface area contributed by atoms with E-state index >= 15 is 0 Å². The molecule has 26 heavy (non-hydrogen) atoms. The van der Waals surface area contributed by atoms with Crippen LogP contribution in [-0.2, 0) is 5.41 Å². The zero-order valence-electron chi connectivity index (χ0n) is 14.7. The summed E-state index contributed by atoms with van der Waals surface area (Å²) in [5.74, 6) is 0. The van der Waals surface area contributed by atoms with Crippen LogP contribution in [0.2, 0.25) is 0 Å². The number of fused-ring (bicyclic) bond motifs is 10. The van der Waals surface area contributed by atoms with Gasteiger partial charge < -0.3 is 0 Å². The quantitative estimate of drug-likeness (QED) is 0.317. The first-order valence-electron chi connectivity index (χ1n) is 8.81. The Morgan fingerprint density at radius 2 is 0.577 bits per heavy atom. The van der Waals surface area contributed by atoms with Gasteiger partial charge in [0.25, 0.3) is 0 Å². The second-order valence-electron chi connectivity index (χ2n) is 6.93. The molecule has 2 aliphatic rings. The monoisotopic (exact) mass is 323 g/mol. The molecule has 4 aromatic carbocycles. The van der Waals surface area contributed by atoms with Crippen molar-refractivity contribution < 1.29 is 0 Å². The molecule has 0 bridgehead atoms. The summed E-state index contributed by atoms with van der Waals surface area (Å²) in [6.07, 6.45) is 0. The Kier molecular flexibility index (Phi) is 3.31. The van der Waals surface area contributed by atoms with Crippen molar-refractivity contribution in [3.8, 4) is 22.3 Å². The molecule has 0 saturated heterocycles. The van der Waals surface area contributed by atoms with Crippen LogP contribution in [0.1, 0.15) is 22.3 Å². The normalized spacial score (nSPS) is 14.2. The topological polar surface area (TPSA) is 0 Å². The van der Waals surface area contributed by atoms with E-state index in [0.717, 1.165) is 0 Å². The molecule has 0 heterocycles. The Morgan fingerprint density at radius 3 is 0.846 bits per heavy atom. The van der Waals surface area contributed by atoms with Crippen LogP contribution in [0.5, 0.6) is 0 Å². The fourth-order valence-corrected chi connectivity index (χ4v) is 5.05. The Bertz CT molecular complexity index is 968. The first-order valence-corrected chi connectivity index (χ1v) is 8.81. The molecule has 0 atom stereocenters. The maximum Gasteiger partial charge on any atom is 0.0725 e. The second-order valence-corrected chi connectivity index (χ2v) is 6.93. The Labute approximate surface area is 165 Å². The SMILES string of the molecule is [Li].c1ccc2c(c1)-c1ccccc1C21c2ccccc2-c2ccccc21. The molecule has 6 rings (SSSR count). The van der Waals surface area contributed by atoms with Crippen molar-refractivity contribution >= 4 is 18.9 Å². The Hall–Kier alpha value is -2.52. The number of hydrogen-bond acceptors (Lipinski definition) is 0. The second kappa shape index (κ2) is 5.49. The van der Waals surface area contributed by atoms with Crippen LogP contribution in [0.15, 0.2) is 97.1 Å². The number of rotatable bonds is 0. The largest absolute Gasteiger partial charge is 0.0725 e. The van der Waals surface area contributed by atoms with Crippen molar-refractivity contribution in [1.82, 2.24) is 0 Å². The molecule has 0 fully saturated rings. The van der Waals surface area contributed by atoms with E-state index in [1.807, 2.05) is 0 Å². The molecule has 0 nitrogen and oxygen atoms in total. The molecular weight excluding hydrogens is 307 g/mol. The van der Waals surface area contributed by atoms with Gasteiger partial charge in [-0.25, -0.2) is 0 Å². The fourth-order valence-electron chi connectivity index (χ4n) is 5.05. The molecule has 0 saturated carbocycles. The van der Waals surface area contributed by atoms with Gasteiger partial charge in [0.15, 0.2) is 0 Å². The van der Waals surface area contributed by atoms with Crippen LogP contribution >= 0.6 is 0 Å². The molecule has 1 radical (unpaired) electrons. The van der Waals surface area contributed by atoms with Gasteiger partial charge >= 0.3 is 0 Å². The molecule has 2 aliphatic carbocycles. The molecule has 1 spiro atoms. The summed E-state index contributed by atoms with van der Waals surface area (Å²) in [5.41, 5.74) is 10.9. The minimum atomic E-state index is -0.180. The third kappa shape index (κ3) is 1.67. The summed E-state index contributed by atoms with van der Waals surface area (Å²) in [7, 11) is 0. The summed E-state index contributed by atoms with van der Waals surface area (Å²) < 4.78 is 0. The minimum Gasteiger partial charge on any atom is -0.0619 e.